The highest BCUT2D eigenvalue weighted by Crippen LogP contribution is 2.28. The topological polar surface area (TPSA) is 151 Å². The van der Waals surface area contributed by atoms with E-state index in [1.54, 1.807) is 12.1 Å². The van der Waals surface area contributed by atoms with Crippen LogP contribution in [0.1, 0.15) is 24.0 Å². The molecule has 0 unspecified atom stereocenters. The molecule has 0 aliphatic carbocycles. The monoisotopic (exact) mass is 549 g/mol. The lowest BCUT2D eigenvalue weighted by Gasteiger charge is -2.31. The molecule has 4 aromatic rings. The fourth-order valence-electron chi connectivity index (χ4n) is 4.04. The molecule has 2 aromatic heterocycles. The van der Waals surface area contributed by atoms with Gasteiger partial charge in [-0.15, -0.1) is 20.4 Å². The van der Waals surface area contributed by atoms with E-state index in [1.807, 2.05) is 42.5 Å². The lowest BCUT2D eigenvalue weighted by molar-refractivity contribution is -0.116. The summed E-state index contributed by atoms with van der Waals surface area (Å²) in [7, 11) is 0. The van der Waals surface area contributed by atoms with Gasteiger partial charge in [0.2, 0.25) is 32.3 Å². The SMILES string of the molecule is Nc1ccc(CC(=O)Nc2nnc(N3CCC(Nc4nnc(NC(=O)Cc5ccccc5)s4)CC3)s2)cc1. The number of nitrogens with two attached hydrogens (primary N) is 1. The van der Waals surface area contributed by atoms with E-state index in [4.69, 9.17) is 5.73 Å². The average Bonchev–Trinajstić information content (AvgIpc) is 3.56. The van der Waals surface area contributed by atoms with E-state index in [0.29, 0.717) is 27.5 Å². The Hall–Kier alpha value is -4.10. The number of anilines is 5. The van der Waals surface area contributed by atoms with Gasteiger partial charge in [-0.2, -0.15) is 0 Å². The molecule has 3 heterocycles. The Morgan fingerprint density at radius 2 is 1.37 bits per heavy atom. The number of carbonyl (C=O) groups excluding carboxylic acids is 2. The third-order valence-corrected chi connectivity index (χ3v) is 7.65. The normalized spacial score (nSPS) is 13.7. The first-order valence-corrected chi connectivity index (χ1v) is 13.8. The summed E-state index contributed by atoms with van der Waals surface area (Å²) in [4.78, 5) is 26.8. The number of amides is 2. The van der Waals surface area contributed by atoms with Crippen LogP contribution in [0.3, 0.4) is 0 Å². The first-order chi connectivity index (χ1) is 18.5. The molecule has 0 atom stereocenters. The van der Waals surface area contributed by atoms with Crippen molar-refractivity contribution < 1.29 is 9.59 Å². The first-order valence-electron chi connectivity index (χ1n) is 12.2. The number of nitrogens with zero attached hydrogens (tertiary/aromatic N) is 5. The van der Waals surface area contributed by atoms with Crippen molar-refractivity contribution in [2.75, 3.05) is 39.7 Å². The van der Waals surface area contributed by atoms with Gasteiger partial charge in [0.1, 0.15) is 0 Å². The molecular weight excluding hydrogens is 522 g/mol. The van der Waals surface area contributed by atoms with Gasteiger partial charge in [-0.3, -0.25) is 9.59 Å². The molecule has 1 saturated heterocycles. The molecule has 196 valence electrons. The lowest BCUT2D eigenvalue weighted by atomic mass is 10.1. The Morgan fingerprint density at radius 1 is 0.789 bits per heavy atom. The zero-order chi connectivity index (χ0) is 26.3. The highest BCUT2D eigenvalue weighted by Gasteiger charge is 2.23. The minimum atomic E-state index is -0.145. The van der Waals surface area contributed by atoms with Crippen LogP contribution in [-0.2, 0) is 22.4 Å². The zero-order valence-corrected chi connectivity index (χ0v) is 22.1. The van der Waals surface area contributed by atoms with Crippen molar-refractivity contribution in [2.45, 2.75) is 31.7 Å². The highest BCUT2D eigenvalue weighted by molar-refractivity contribution is 7.19. The molecule has 1 aliphatic rings. The number of rotatable bonds is 9. The maximum atomic E-state index is 12.4. The van der Waals surface area contributed by atoms with Crippen LogP contribution >= 0.6 is 22.7 Å². The van der Waals surface area contributed by atoms with E-state index < -0.39 is 0 Å². The fraction of sp³-hybridized carbons (Fsp3) is 0.280. The summed E-state index contributed by atoms with van der Waals surface area (Å²) in [6, 6.07) is 17.0. The molecule has 2 amide bonds. The van der Waals surface area contributed by atoms with E-state index in [-0.39, 0.29) is 24.3 Å². The number of nitrogen functional groups attached to an aromatic ring is 1. The molecular formula is C25H27N9O2S2. The van der Waals surface area contributed by atoms with Crippen molar-refractivity contribution >= 4 is 60.7 Å². The summed E-state index contributed by atoms with van der Waals surface area (Å²) in [5, 5.41) is 28.2. The van der Waals surface area contributed by atoms with Crippen molar-refractivity contribution in [3.8, 4) is 0 Å². The van der Waals surface area contributed by atoms with Gasteiger partial charge in [-0.25, -0.2) is 0 Å². The molecule has 38 heavy (non-hydrogen) atoms. The summed E-state index contributed by atoms with van der Waals surface area (Å²) in [6.07, 6.45) is 2.30. The zero-order valence-electron chi connectivity index (χ0n) is 20.5. The molecule has 2 aromatic carbocycles. The second-order valence-corrected chi connectivity index (χ2v) is 10.8. The quantitative estimate of drug-likeness (QED) is 0.230. The van der Waals surface area contributed by atoms with E-state index in [0.717, 1.165) is 42.2 Å². The molecule has 1 aliphatic heterocycles. The maximum Gasteiger partial charge on any atom is 0.230 e. The van der Waals surface area contributed by atoms with Gasteiger partial charge >= 0.3 is 0 Å². The Balaban J connectivity index is 1.05. The van der Waals surface area contributed by atoms with Crippen LogP contribution in [0.25, 0.3) is 0 Å². The number of hydrogen-bond acceptors (Lipinski definition) is 11. The minimum Gasteiger partial charge on any atom is -0.399 e. The number of aromatic nitrogens is 4. The maximum absolute atomic E-state index is 12.4. The van der Waals surface area contributed by atoms with Crippen LogP contribution in [0.2, 0.25) is 0 Å². The van der Waals surface area contributed by atoms with Crippen LogP contribution in [-0.4, -0.2) is 51.3 Å². The van der Waals surface area contributed by atoms with Crippen molar-refractivity contribution in [3.05, 3.63) is 65.7 Å². The van der Waals surface area contributed by atoms with Gasteiger partial charge in [0.05, 0.1) is 12.8 Å². The Kier molecular flexibility index (Phi) is 8.04. The van der Waals surface area contributed by atoms with Gasteiger partial charge in [0.15, 0.2) is 0 Å². The van der Waals surface area contributed by atoms with Gasteiger partial charge in [0.25, 0.3) is 0 Å². The molecule has 5 N–H and O–H groups in total. The molecule has 0 saturated carbocycles. The fourth-order valence-corrected chi connectivity index (χ4v) is 5.59. The summed E-state index contributed by atoms with van der Waals surface area (Å²) in [5.74, 6) is -0.266. The second kappa shape index (κ2) is 12.0. The van der Waals surface area contributed by atoms with E-state index in [2.05, 4.69) is 41.2 Å². The summed E-state index contributed by atoms with van der Waals surface area (Å²) < 4.78 is 0. The van der Waals surface area contributed by atoms with Gasteiger partial charge in [0, 0.05) is 24.8 Å². The van der Waals surface area contributed by atoms with Crippen molar-refractivity contribution in [1.29, 1.82) is 0 Å². The third-order valence-electron chi connectivity index (χ3n) is 5.98. The smallest absolute Gasteiger partial charge is 0.230 e. The van der Waals surface area contributed by atoms with Crippen molar-refractivity contribution in [1.82, 2.24) is 20.4 Å². The van der Waals surface area contributed by atoms with Crippen molar-refractivity contribution in [3.63, 3.8) is 0 Å². The highest BCUT2D eigenvalue weighted by atomic mass is 32.1. The van der Waals surface area contributed by atoms with E-state index in [1.165, 1.54) is 22.7 Å². The minimum absolute atomic E-state index is 0.120. The summed E-state index contributed by atoms with van der Waals surface area (Å²) in [5.41, 5.74) is 8.19. The van der Waals surface area contributed by atoms with Crippen LogP contribution in [0.5, 0.6) is 0 Å². The second-order valence-electron chi connectivity index (χ2n) is 8.88. The third kappa shape index (κ3) is 7.01. The standard InChI is InChI=1S/C25H27N9O2S2/c26-18-8-6-17(7-9-18)15-21(36)29-24-32-33-25(38-24)34-12-10-19(11-13-34)27-22-30-31-23(37-22)28-20(35)14-16-4-2-1-3-5-16/h1-9,19H,10-15,26H2,(H,27,30)(H,28,31,35)(H,29,32,36). The van der Waals surface area contributed by atoms with Crippen LogP contribution in [0, 0.1) is 0 Å². The number of hydrogen-bond donors (Lipinski definition) is 4. The lowest BCUT2D eigenvalue weighted by Crippen LogP contribution is -2.39. The Morgan fingerprint density at radius 3 is 2.05 bits per heavy atom. The summed E-state index contributed by atoms with van der Waals surface area (Å²) >= 11 is 2.69. The van der Waals surface area contributed by atoms with Crippen LogP contribution < -0.4 is 26.6 Å². The first kappa shape index (κ1) is 25.5. The van der Waals surface area contributed by atoms with Gasteiger partial charge < -0.3 is 26.6 Å². The molecule has 11 nitrogen and oxygen atoms in total. The van der Waals surface area contributed by atoms with Gasteiger partial charge in [-0.05, 0) is 36.1 Å². The van der Waals surface area contributed by atoms with E-state index in [9.17, 15) is 9.59 Å². The van der Waals surface area contributed by atoms with Crippen LogP contribution in [0.4, 0.5) is 26.2 Å². The van der Waals surface area contributed by atoms with Crippen molar-refractivity contribution in [2.24, 2.45) is 0 Å². The molecule has 1 fully saturated rings. The number of carbonyl (C=O) groups is 2. The summed E-state index contributed by atoms with van der Waals surface area (Å²) in [6.45, 7) is 1.59. The number of piperidine rings is 1. The largest absolute Gasteiger partial charge is 0.399 e. The predicted octanol–water partition coefficient (Wildman–Crippen LogP) is 3.42. The Labute approximate surface area is 227 Å². The van der Waals surface area contributed by atoms with Gasteiger partial charge in [-0.1, -0.05) is 65.1 Å². The molecule has 0 bridgehead atoms. The molecule has 0 radical (unpaired) electrons. The Bertz CT molecular complexity index is 1370. The van der Waals surface area contributed by atoms with Crippen LogP contribution in [0.15, 0.2) is 54.6 Å². The van der Waals surface area contributed by atoms with E-state index >= 15 is 0 Å². The number of nitrogens with one attached hydrogen (secondary N) is 3. The molecule has 5 rings (SSSR count). The average molecular weight is 550 g/mol. The number of benzene rings is 2. The molecule has 13 heteroatoms. The molecule has 0 spiro atoms. The predicted molar refractivity (Wildman–Crippen MR) is 151 cm³/mol.